The van der Waals surface area contributed by atoms with Gasteiger partial charge in [-0.1, -0.05) is 0 Å². The van der Waals surface area contributed by atoms with Gasteiger partial charge >= 0.3 is 0 Å². The quantitative estimate of drug-likeness (QED) is 0.726. The van der Waals surface area contributed by atoms with Crippen LogP contribution in [0, 0.1) is 19.8 Å². The van der Waals surface area contributed by atoms with E-state index in [9.17, 15) is 9.59 Å². The molecule has 2 fully saturated rings. The zero-order valence-electron chi connectivity index (χ0n) is 16.0. The fourth-order valence-electron chi connectivity index (χ4n) is 3.48. The average molecular weight is 362 g/mol. The second-order valence-electron chi connectivity index (χ2n) is 7.63. The van der Waals surface area contributed by atoms with E-state index in [1.165, 1.54) is 12.8 Å². The summed E-state index contributed by atoms with van der Waals surface area (Å²) in [5.41, 5.74) is 2.26. The number of rotatable bonds is 7. The monoisotopic (exact) mass is 362 g/mol. The minimum atomic E-state index is -0.302. The Balaban J connectivity index is 1.37. The maximum absolute atomic E-state index is 12.4. The van der Waals surface area contributed by atoms with Gasteiger partial charge in [-0.15, -0.1) is 0 Å². The van der Waals surface area contributed by atoms with E-state index in [1.54, 1.807) is 11.9 Å². The van der Waals surface area contributed by atoms with Gasteiger partial charge in [0.25, 0.3) is 5.91 Å². The largest absolute Gasteiger partial charge is 0.365 e. The lowest BCUT2D eigenvalue weighted by Crippen LogP contribution is -2.42. The Hall–Kier alpha value is -1.89. The molecule has 2 amide bonds. The Labute approximate surface area is 154 Å². The van der Waals surface area contributed by atoms with Crippen LogP contribution in [0.4, 0.5) is 0 Å². The summed E-state index contributed by atoms with van der Waals surface area (Å²) < 4.78 is 5.97. The molecule has 1 aromatic heterocycles. The molecule has 1 saturated heterocycles. The Morgan fingerprint density at radius 3 is 2.69 bits per heavy atom. The van der Waals surface area contributed by atoms with Crippen LogP contribution < -0.4 is 5.32 Å². The van der Waals surface area contributed by atoms with Crippen LogP contribution in [0.1, 0.15) is 60.3 Å². The summed E-state index contributed by atoms with van der Waals surface area (Å²) in [5.74, 6) is 0.573. The number of aryl methyl sites for hydroxylation is 1. The molecule has 2 N–H and O–H groups in total. The highest BCUT2D eigenvalue weighted by molar-refractivity contribution is 5.93. The van der Waals surface area contributed by atoms with E-state index < -0.39 is 0 Å². The van der Waals surface area contributed by atoms with Crippen molar-refractivity contribution >= 4 is 11.8 Å². The molecule has 1 aliphatic carbocycles. The first-order valence-corrected chi connectivity index (χ1v) is 9.67. The third-order valence-electron chi connectivity index (χ3n) is 5.51. The van der Waals surface area contributed by atoms with E-state index in [0.29, 0.717) is 31.1 Å². The number of hydrogen-bond acceptors (Lipinski definition) is 4. The standard InChI is InChI=1S/C19H30N4O3/c1-12-13(2)21-22-17(12)19(25)23(3)11-5-10-20-18(24)16-7-4-6-15(26-16)14-8-9-14/h14-16H,4-11H2,1-3H3,(H,20,24)(H,21,22). The van der Waals surface area contributed by atoms with Gasteiger partial charge in [-0.2, -0.15) is 5.10 Å². The second kappa shape index (κ2) is 8.20. The third-order valence-corrected chi connectivity index (χ3v) is 5.51. The zero-order chi connectivity index (χ0) is 18.7. The van der Waals surface area contributed by atoms with Gasteiger partial charge in [0, 0.05) is 31.4 Å². The SMILES string of the molecule is Cc1[nH]nc(C(=O)N(C)CCCNC(=O)C2CCCC(C3CC3)O2)c1C. The predicted octanol–water partition coefficient (Wildman–Crippen LogP) is 1.95. The van der Waals surface area contributed by atoms with Crippen LogP contribution in [-0.4, -0.2) is 59.3 Å². The van der Waals surface area contributed by atoms with Crippen molar-refractivity contribution < 1.29 is 14.3 Å². The van der Waals surface area contributed by atoms with Crippen molar-refractivity contribution in [3.8, 4) is 0 Å². The number of carbonyl (C=O) groups excluding carboxylic acids is 2. The molecule has 2 aliphatic rings. The summed E-state index contributed by atoms with van der Waals surface area (Å²) in [4.78, 5) is 26.3. The maximum Gasteiger partial charge on any atom is 0.274 e. The van der Waals surface area contributed by atoms with Crippen molar-refractivity contribution in [3.63, 3.8) is 0 Å². The minimum Gasteiger partial charge on any atom is -0.365 e. The Morgan fingerprint density at radius 2 is 2.04 bits per heavy atom. The number of aromatic amines is 1. The molecule has 2 heterocycles. The molecule has 3 rings (SSSR count). The van der Waals surface area contributed by atoms with Gasteiger partial charge in [0.2, 0.25) is 5.91 Å². The summed E-state index contributed by atoms with van der Waals surface area (Å²) in [5, 5.41) is 9.87. The summed E-state index contributed by atoms with van der Waals surface area (Å²) in [7, 11) is 1.76. The summed E-state index contributed by atoms with van der Waals surface area (Å²) in [6, 6.07) is 0. The fourth-order valence-corrected chi connectivity index (χ4v) is 3.48. The van der Waals surface area contributed by atoms with Crippen LogP contribution in [0.25, 0.3) is 0 Å². The van der Waals surface area contributed by atoms with Crippen molar-refractivity contribution in [3.05, 3.63) is 17.0 Å². The number of nitrogens with zero attached hydrogens (tertiary/aromatic N) is 2. The summed E-state index contributed by atoms with van der Waals surface area (Å²) >= 11 is 0. The molecular formula is C19H30N4O3. The van der Waals surface area contributed by atoms with E-state index in [2.05, 4.69) is 15.5 Å². The Bertz CT molecular complexity index is 653. The fraction of sp³-hybridized carbons (Fsp3) is 0.737. The molecule has 2 atom stereocenters. The van der Waals surface area contributed by atoms with Crippen LogP contribution >= 0.6 is 0 Å². The van der Waals surface area contributed by atoms with Crippen molar-refractivity contribution in [1.82, 2.24) is 20.4 Å². The van der Waals surface area contributed by atoms with Gasteiger partial charge in [-0.25, -0.2) is 0 Å². The normalized spacial score (nSPS) is 22.9. The molecule has 1 saturated carbocycles. The highest BCUT2D eigenvalue weighted by Crippen LogP contribution is 2.39. The summed E-state index contributed by atoms with van der Waals surface area (Å²) in [6.07, 6.45) is 6.14. The molecule has 0 bridgehead atoms. The molecule has 0 spiro atoms. The van der Waals surface area contributed by atoms with Crippen molar-refractivity contribution in [1.29, 1.82) is 0 Å². The van der Waals surface area contributed by atoms with E-state index in [-0.39, 0.29) is 24.0 Å². The number of amides is 2. The third kappa shape index (κ3) is 4.44. The molecule has 144 valence electrons. The van der Waals surface area contributed by atoms with E-state index in [0.717, 1.165) is 30.5 Å². The highest BCUT2D eigenvalue weighted by atomic mass is 16.5. The number of nitrogens with one attached hydrogen (secondary N) is 2. The molecule has 0 aromatic carbocycles. The van der Waals surface area contributed by atoms with Crippen LogP contribution in [0.3, 0.4) is 0 Å². The highest BCUT2D eigenvalue weighted by Gasteiger charge is 2.37. The predicted molar refractivity (Wildman–Crippen MR) is 97.9 cm³/mol. The van der Waals surface area contributed by atoms with Crippen molar-refractivity contribution in [2.24, 2.45) is 5.92 Å². The van der Waals surface area contributed by atoms with Gasteiger partial charge in [0.1, 0.15) is 6.10 Å². The van der Waals surface area contributed by atoms with Crippen LogP contribution in [0.5, 0.6) is 0 Å². The van der Waals surface area contributed by atoms with Gasteiger partial charge in [0.05, 0.1) is 6.10 Å². The van der Waals surface area contributed by atoms with E-state index in [1.807, 2.05) is 13.8 Å². The van der Waals surface area contributed by atoms with Gasteiger partial charge < -0.3 is 15.0 Å². The average Bonchev–Trinajstić information content (AvgIpc) is 3.44. The van der Waals surface area contributed by atoms with Crippen LogP contribution in [-0.2, 0) is 9.53 Å². The zero-order valence-corrected chi connectivity index (χ0v) is 16.0. The van der Waals surface area contributed by atoms with Crippen LogP contribution in [0.15, 0.2) is 0 Å². The lowest BCUT2D eigenvalue weighted by atomic mass is 10.0. The number of H-pyrrole nitrogens is 1. The molecule has 0 radical (unpaired) electrons. The molecule has 7 heteroatoms. The van der Waals surface area contributed by atoms with Crippen molar-refractivity contribution in [2.45, 2.75) is 64.6 Å². The molecular weight excluding hydrogens is 332 g/mol. The van der Waals surface area contributed by atoms with Crippen molar-refractivity contribution in [2.75, 3.05) is 20.1 Å². The van der Waals surface area contributed by atoms with Crippen LogP contribution in [0.2, 0.25) is 0 Å². The molecule has 7 nitrogen and oxygen atoms in total. The Kier molecular flexibility index (Phi) is 5.96. The van der Waals surface area contributed by atoms with E-state index in [4.69, 9.17) is 4.74 Å². The van der Waals surface area contributed by atoms with Gasteiger partial charge in [-0.05, 0) is 58.3 Å². The molecule has 1 aromatic rings. The number of aromatic nitrogens is 2. The van der Waals surface area contributed by atoms with Gasteiger partial charge in [-0.3, -0.25) is 14.7 Å². The first-order valence-electron chi connectivity index (χ1n) is 9.67. The second-order valence-corrected chi connectivity index (χ2v) is 7.63. The molecule has 1 aliphatic heterocycles. The van der Waals surface area contributed by atoms with E-state index >= 15 is 0 Å². The lowest BCUT2D eigenvalue weighted by molar-refractivity contribution is -0.142. The summed E-state index contributed by atoms with van der Waals surface area (Å²) in [6.45, 7) is 4.90. The first kappa shape index (κ1) is 18.9. The smallest absolute Gasteiger partial charge is 0.274 e. The number of hydrogen-bond donors (Lipinski definition) is 2. The molecule has 26 heavy (non-hydrogen) atoms. The Morgan fingerprint density at radius 1 is 1.27 bits per heavy atom. The minimum absolute atomic E-state index is 0.0110. The number of ether oxygens (including phenoxy) is 1. The topological polar surface area (TPSA) is 87.3 Å². The maximum atomic E-state index is 12.4. The number of carbonyl (C=O) groups is 2. The first-order chi connectivity index (χ1) is 12.5. The lowest BCUT2D eigenvalue weighted by Gasteiger charge is -2.29. The molecule has 2 unspecified atom stereocenters. The van der Waals surface area contributed by atoms with Gasteiger partial charge in [0.15, 0.2) is 5.69 Å².